The highest BCUT2D eigenvalue weighted by molar-refractivity contribution is 8.27. The highest BCUT2D eigenvalue weighted by Gasteiger charge is 2.09. The van der Waals surface area contributed by atoms with Crippen molar-refractivity contribution in [1.29, 1.82) is 5.41 Å². The van der Waals surface area contributed by atoms with E-state index < -0.39 is 4.92 Å². The van der Waals surface area contributed by atoms with Crippen molar-refractivity contribution in [3.63, 3.8) is 0 Å². The zero-order chi connectivity index (χ0) is 19.8. The monoisotopic (exact) mass is 409 g/mol. The van der Waals surface area contributed by atoms with Crippen LogP contribution >= 0.6 is 23.1 Å². The molecule has 9 heteroatoms. The van der Waals surface area contributed by atoms with Gasteiger partial charge in [0.05, 0.1) is 21.7 Å². The Hall–Kier alpha value is -3.30. The molecule has 140 valence electrons. The third-order valence-electron chi connectivity index (χ3n) is 3.41. The molecule has 0 radical (unpaired) electrons. The Morgan fingerprint density at radius 3 is 2.50 bits per heavy atom. The quantitative estimate of drug-likeness (QED) is 0.267. The third-order valence-corrected chi connectivity index (χ3v) is 5.22. The van der Waals surface area contributed by atoms with Gasteiger partial charge >= 0.3 is 0 Å². The number of nitrogens with zero attached hydrogens (tertiary/aromatic N) is 3. The Kier molecular flexibility index (Phi) is 6.66. The maximum absolute atomic E-state index is 10.7. The molecule has 7 nitrogen and oxygen atoms in total. The second-order valence-electron chi connectivity index (χ2n) is 5.38. The Balaban J connectivity index is 1.74. The second-order valence-corrected chi connectivity index (χ2v) is 7.33. The maximum atomic E-state index is 10.7. The minimum absolute atomic E-state index is 0.0244. The summed E-state index contributed by atoms with van der Waals surface area (Å²) in [7, 11) is 0. The number of aliphatic imine (C=N–C) groups is 1. The molecule has 1 heterocycles. The molecule has 1 aromatic heterocycles. The van der Waals surface area contributed by atoms with Gasteiger partial charge in [-0.15, -0.1) is 11.3 Å². The number of nitro benzene ring substituents is 1. The molecule has 3 rings (SSSR count). The topological polar surface area (TPSA) is 104 Å². The molecule has 2 N–H and O–H groups in total. The van der Waals surface area contributed by atoms with Gasteiger partial charge in [0.15, 0.2) is 5.17 Å². The van der Waals surface area contributed by atoms with Crippen LogP contribution in [0.25, 0.3) is 0 Å². The smallest absolute Gasteiger partial charge is 0.269 e. The van der Waals surface area contributed by atoms with Crippen LogP contribution in [0.3, 0.4) is 0 Å². The summed E-state index contributed by atoms with van der Waals surface area (Å²) < 4.78 is 0. The molecule has 0 aliphatic carbocycles. The van der Waals surface area contributed by atoms with E-state index >= 15 is 0 Å². The van der Waals surface area contributed by atoms with Gasteiger partial charge in [-0.3, -0.25) is 20.9 Å². The average Bonchev–Trinajstić information content (AvgIpc) is 3.24. The fourth-order valence-electron chi connectivity index (χ4n) is 2.09. The van der Waals surface area contributed by atoms with Gasteiger partial charge in [0.25, 0.3) is 5.69 Å². The van der Waals surface area contributed by atoms with Crippen molar-refractivity contribution in [2.24, 2.45) is 10.1 Å². The second kappa shape index (κ2) is 9.58. The van der Waals surface area contributed by atoms with E-state index in [9.17, 15) is 10.1 Å². The zero-order valence-electron chi connectivity index (χ0n) is 14.5. The van der Waals surface area contributed by atoms with E-state index in [1.54, 1.807) is 18.3 Å². The van der Waals surface area contributed by atoms with Crippen molar-refractivity contribution in [3.05, 3.63) is 92.7 Å². The Labute approximate surface area is 169 Å². The molecule has 3 aromatic rings. The number of nitro groups is 1. The first kappa shape index (κ1) is 19.5. The number of thioether (sulfide) groups is 1. The number of rotatable bonds is 5. The molecule has 0 aliphatic heterocycles. The standard InChI is InChI=1S/C19H15N5O2S2/c20-18(17-7-4-12-27-17)28-19(22-15-5-2-1-3-6-15)23-21-13-14-8-10-16(11-9-14)24(25)26/h1-13,20H,(H,22,23)/b20-18?,21-13+. The number of para-hydroxylation sites is 1. The summed E-state index contributed by atoms with van der Waals surface area (Å²) in [4.78, 5) is 15.6. The van der Waals surface area contributed by atoms with E-state index in [1.165, 1.54) is 35.2 Å². The molecule has 0 spiro atoms. The number of hydrazone groups is 1. The summed E-state index contributed by atoms with van der Waals surface area (Å²) in [5, 5.41) is 25.8. The summed E-state index contributed by atoms with van der Waals surface area (Å²) >= 11 is 2.65. The molecular weight excluding hydrogens is 394 g/mol. The van der Waals surface area contributed by atoms with Crippen LogP contribution < -0.4 is 5.43 Å². The summed E-state index contributed by atoms with van der Waals surface area (Å²) in [6, 6.07) is 19.2. The maximum Gasteiger partial charge on any atom is 0.269 e. The predicted molar refractivity (Wildman–Crippen MR) is 116 cm³/mol. The summed E-state index contributed by atoms with van der Waals surface area (Å²) in [5.74, 6) is 0. The lowest BCUT2D eigenvalue weighted by Gasteiger charge is -2.06. The number of benzene rings is 2. The molecule has 2 aromatic carbocycles. The normalized spacial score (nSPS) is 11.5. The first-order chi connectivity index (χ1) is 13.6. The van der Waals surface area contributed by atoms with E-state index in [2.05, 4.69) is 15.5 Å². The van der Waals surface area contributed by atoms with Gasteiger partial charge < -0.3 is 0 Å². The molecule has 0 fully saturated rings. The molecular formula is C19H15N5O2S2. The lowest BCUT2D eigenvalue weighted by Crippen LogP contribution is -2.16. The highest BCUT2D eigenvalue weighted by atomic mass is 32.2. The van der Waals surface area contributed by atoms with Crippen LogP contribution in [0, 0.1) is 15.5 Å². The van der Waals surface area contributed by atoms with Crippen molar-refractivity contribution in [2.45, 2.75) is 0 Å². The number of hydrogen-bond acceptors (Lipinski definition) is 7. The van der Waals surface area contributed by atoms with Crippen LogP contribution in [0.4, 0.5) is 11.4 Å². The fraction of sp³-hybridized carbons (Fsp3) is 0. The van der Waals surface area contributed by atoms with Crippen LogP contribution in [0.5, 0.6) is 0 Å². The van der Waals surface area contributed by atoms with Gasteiger partial charge in [-0.2, -0.15) is 5.10 Å². The van der Waals surface area contributed by atoms with Crippen LogP contribution in [-0.4, -0.2) is 21.3 Å². The molecule has 28 heavy (non-hydrogen) atoms. The molecule has 0 saturated carbocycles. The van der Waals surface area contributed by atoms with Crippen molar-refractivity contribution >= 4 is 50.9 Å². The Bertz CT molecular complexity index is 1000. The predicted octanol–water partition coefficient (Wildman–Crippen LogP) is 5.03. The lowest BCUT2D eigenvalue weighted by molar-refractivity contribution is -0.384. The van der Waals surface area contributed by atoms with Gasteiger partial charge in [0.1, 0.15) is 5.04 Å². The number of nitrogens with one attached hydrogen (secondary N) is 2. The number of non-ortho nitro benzene ring substituents is 1. The van der Waals surface area contributed by atoms with Gasteiger partial charge in [-0.1, -0.05) is 24.3 Å². The van der Waals surface area contributed by atoms with E-state index in [0.29, 0.717) is 15.8 Å². The van der Waals surface area contributed by atoms with Gasteiger partial charge in [0.2, 0.25) is 0 Å². The van der Waals surface area contributed by atoms with Crippen LogP contribution in [0.15, 0.2) is 82.2 Å². The van der Waals surface area contributed by atoms with Gasteiger partial charge in [-0.05, 0) is 53.0 Å². The van der Waals surface area contributed by atoms with Crippen molar-refractivity contribution in [2.75, 3.05) is 0 Å². The molecule has 0 saturated heterocycles. The molecule has 0 bridgehead atoms. The first-order valence-corrected chi connectivity index (χ1v) is 9.79. The zero-order valence-corrected chi connectivity index (χ0v) is 16.1. The van der Waals surface area contributed by atoms with E-state index in [1.807, 2.05) is 47.8 Å². The molecule has 0 atom stereocenters. The van der Waals surface area contributed by atoms with Crippen molar-refractivity contribution in [3.8, 4) is 0 Å². The summed E-state index contributed by atoms with van der Waals surface area (Å²) in [6.45, 7) is 0. The minimum Gasteiger partial charge on any atom is -0.292 e. The number of hydrogen-bond donors (Lipinski definition) is 2. The largest absolute Gasteiger partial charge is 0.292 e. The number of amidine groups is 1. The summed E-state index contributed by atoms with van der Waals surface area (Å²) in [5.41, 5.74) is 4.33. The summed E-state index contributed by atoms with van der Waals surface area (Å²) in [6.07, 6.45) is 1.54. The first-order valence-electron chi connectivity index (χ1n) is 8.09. The van der Waals surface area contributed by atoms with Crippen LogP contribution in [0.2, 0.25) is 0 Å². The Morgan fingerprint density at radius 2 is 1.86 bits per heavy atom. The van der Waals surface area contributed by atoms with E-state index in [-0.39, 0.29) is 5.69 Å². The molecule has 0 aliphatic rings. The van der Waals surface area contributed by atoms with Crippen molar-refractivity contribution in [1.82, 2.24) is 5.43 Å². The molecule has 0 unspecified atom stereocenters. The van der Waals surface area contributed by atoms with Gasteiger partial charge in [0, 0.05) is 12.1 Å². The van der Waals surface area contributed by atoms with Gasteiger partial charge in [-0.25, -0.2) is 4.99 Å². The SMILES string of the molecule is N=C(SC(=Nc1ccccc1)N/N=C/c1ccc([N+](=O)[O-])cc1)c1cccs1. The van der Waals surface area contributed by atoms with E-state index in [4.69, 9.17) is 5.41 Å². The fourth-order valence-corrected chi connectivity index (χ4v) is 3.54. The molecule has 0 amide bonds. The van der Waals surface area contributed by atoms with Crippen LogP contribution in [0.1, 0.15) is 10.4 Å². The lowest BCUT2D eigenvalue weighted by atomic mass is 10.2. The van der Waals surface area contributed by atoms with Crippen LogP contribution in [-0.2, 0) is 0 Å². The van der Waals surface area contributed by atoms with Crippen molar-refractivity contribution < 1.29 is 4.92 Å². The third kappa shape index (κ3) is 5.60. The average molecular weight is 409 g/mol. The van der Waals surface area contributed by atoms with E-state index in [0.717, 1.165) is 10.6 Å². The number of thiophene rings is 1. The Morgan fingerprint density at radius 1 is 1.11 bits per heavy atom. The highest BCUT2D eigenvalue weighted by Crippen LogP contribution is 2.20. The minimum atomic E-state index is -0.448.